The van der Waals surface area contributed by atoms with E-state index < -0.39 is 16.0 Å². The molecule has 0 bridgehead atoms. The molecule has 0 aliphatic carbocycles. The van der Waals surface area contributed by atoms with E-state index in [1.165, 1.54) is 0 Å². The predicted octanol–water partition coefficient (Wildman–Crippen LogP) is 1.37. The number of hydrogen-bond donors (Lipinski definition) is 2. The van der Waals surface area contributed by atoms with Crippen molar-refractivity contribution in [3.05, 3.63) is 29.3 Å². The first-order valence-electron chi connectivity index (χ1n) is 5.82. The summed E-state index contributed by atoms with van der Waals surface area (Å²) in [5.74, 6) is -0.152. The van der Waals surface area contributed by atoms with E-state index in [0.717, 1.165) is 16.8 Å². The zero-order valence-corrected chi connectivity index (χ0v) is 11.7. The number of benzene rings is 1. The van der Waals surface area contributed by atoms with Gasteiger partial charge in [0.2, 0.25) is 5.91 Å². The van der Waals surface area contributed by atoms with Crippen LogP contribution in [0.2, 0.25) is 0 Å². The maximum absolute atomic E-state index is 11.9. The Labute approximate surface area is 110 Å². The molecular formula is C13H19NO3S. The third-order valence-corrected chi connectivity index (χ3v) is 4.37. The van der Waals surface area contributed by atoms with Gasteiger partial charge in [0.15, 0.2) is 0 Å². The number of aryl methyl sites for hydroxylation is 2. The summed E-state index contributed by atoms with van der Waals surface area (Å²) in [6.45, 7) is 5.26. The van der Waals surface area contributed by atoms with E-state index >= 15 is 0 Å². The molecule has 2 atom stereocenters. The van der Waals surface area contributed by atoms with E-state index in [1.54, 1.807) is 6.92 Å². The first kappa shape index (κ1) is 14.9. The van der Waals surface area contributed by atoms with Crippen molar-refractivity contribution in [1.82, 2.24) is 0 Å². The minimum atomic E-state index is -1.34. The molecule has 0 aromatic heterocycles. The van der Waals surface area contributed by atoms with Gasteiger partial charge in [0.1, 0.15) is 5.25 Å². The Morgan fingerprint density at radius 3 is 2.44 bits per heavy atom. The monoisotopic (exact) mass is 269 g/mol. The molecule has 0 saturated carbocycles. The molecule has 2 unspecified atom stereocenters. The van der Waals surface area contributed by atoms with Gasteiger partial charge in [0.05, 0.1) is 6.61 Å². The lowest BCUT2D eigenvalue weighted by Crippen LogP contribution is -2.31. The molecule has 0 spiro atoms. The summed E-state index contributed by atoms with van der Waals surface area (Å²) in [5, 5.41) is 10.9. The molecule has 1 aromatic rings. The minimum absolute atomic E-state index is 0.126. The van der Waals surface area contributed by atoms with E-state index in [2.05, 4.69) is 5.32 Å². The lowest BCUT2D eigenvalue weighted by atomic mass is 10.1. The molecule has 5 heteroatoms. The van der Waals surface area contributed by atoms with Crippen molar-refractivity contribution in [3.8, 4) is 0 Å². The summed E-state index contributed by atoms with van der Waals surface area (Å²) < 4.78 is 11.6. The lowest BCUT2D eigenvalue weighted by molar-refractivity contribution is -0.115. The number of aliphatic hydroxyl groups excluding tert-OH is 1. The zero-order valence-electron chi connectivity index (χ0n) is 10.9. The molecule has 0 saturated heterocycles. The Morgan fingerprint density at radius 1 is 1.39 bits per heavy atom. The van der Waals surface area contributed by atoms with Gasteiger partial charge < -0.3 is 10.4 Å². The second-order valence-corrected chi connectivity index (χ2v) is 6.08. The highest BCUT2D eigenvalue weighted by Gasteiger charge is 2.20. The first-order valence-corrected chi connectivity index (χ1v) is 7.20. The molecule has 4 nitrogen and oxygen atoms in total. The maximum atomic E-state index is 11.9. The second-order valence-electron chi connectivity index (χ2n) is 4.21. The third-order valence-electron chi connectivity index (χ3n) is 2.79. The van der Waals surface area contributed by atoms with Gasteiger partial charge in [-0.05, 0) is 31.9 Å². The van der Waals surface area contributed by atoms with Gasteiger partial charge in [-0.3, -0.25) is 9.00 Å². The van der Waals surface area contributed by atoms with Crippen LogP contribution in [0, 0.1) is 13.8 Å². The molecule has 1 amide bonds. The van der Waals surface area contributed by atoms with Gasteiger partial charge in [-0.25, -0.2) is 0 Å². The number of carbonyl (C=O) groups is 1. The fourth-order valence-electron chi connectivity index (χ4n) is 1.62. The van der Waals surface area contributed by atoms with Crippen LogP contribution < -0.4 is 5.32 Å². The minimum Gasteiger partial charge on any atom is -0.395 e. The number of anilines is 1. The van der Waals surface area contributed by atoms with Crippen LogP contribution in [0.25, 0.3) is 0 Å². The van der Waals surface area contributed by atoms with Crippen molar-refractivity contribution >= 4 is 22.4 Å². The molecule has 100 valence electrons. The normalized spacial score (nSPS) is 14.0. The van der Waals surface area contributed by atoms with Crippen LogP contribution in [0.1, 0.15) is 18.1 Å². The van der Waals surface area contributed by atoms with Crippen molar-refractivity contribution < 1.29 is 14.1 Å². The van der Waals surface area contributed by atoms with E-state index in [9.17, 15) is 9.00 Å². The largest absolute Gasteiger partial charge is 0.395 e. The summed E-state index contributed by atoms with van der Waals surface area (Å²) in [4.78, 5) is 11.9. The Kier molecular flexibility index (Phi) is 5.50. The number of para-hydroxylation sites is 1. The van der Waals surface area contributed by atoms with E-state index in [1.807, 2.05) is 32.0 Å². The molecule has 0 radical (unpaired) electrons. The highest BCUT2D eigenvalue weighted by Crippen LogP contribution is 2.19. The summed E-state index contributed by atoms with van der Waals surface area (Å²) in [7, 11) is -1.34. The first-order chi connectivity index (χ1) is 8.47. The summed E-state index contributed by atoms with van der Waals surface area (Å²) >= 11 is 0. The zero-order chi connectivity index (χ0) is 13.7. The highest BCUT2D eigenvalue weighted by molar-refractivity contribution is 7.86. The fraction of sp³-hybridized carbons (Fsp3) is 0.462. The van der Waals surface area contributed by atoms with E-state index in [4.69, 9.17) is 5.11 Å². The summed E-state index contributed by atoms with van der Waals surface area (Å²) in [6, 6.07) is 5.75. The number of carbonyl (C=O) groups excluding carboxylic acids is 1. The van der Waals surface area contributed by atoms with Crippen molar-refractivity contribution in [2.45, 2.75) is 26.0 Å². The molecule has 18 heavy (non-hydrogen) atoms. The van der Waals surface area contributed by atoms with Gasteiger partial charge in [-0.1, -0.05) is 18.2 Å². The fourth-order valence-corrected chi connectivity index (χ4v) is 2.45. The quantitative estimate of drug-likeness (QED) is 0.848. The summed E-state index contributed by atoms with van der Waals surface area (Å²) in [5.41, 5.74) is 2.72. The maximum Gasteiger partial charge on any atom is 0.239 e. The Bertz CT molecular complexity index is 439. The molecule has 0 heterocycles. The topological polar surface area (TPSA) is 66.4 Å². The molecule has 0 fully saturated rings. The Hall–Kier alpha value is -1.20. The molecule has 1 rings (SSSR count). The molecular weight excluding hydrogens is 250 g/mol. The van der Waals surface area contributed by atoms with Crippen molar-refractivity contribution in [2.75, 3.05) is 17.7 Å². The van der Waals surface area contributed by atoms with Crippen molar-refractivity contribution in [2.24, 2.45) is 0 Å². The van der Waals surface area contributed by atoms with Crippen LogP contribution >= 0.6 is 0 Å². The predicted molar refractivity (Wildman–Crippen MR) is 74.1 cm³/mol. The Morgan fingerprint density at radius 2 is 1.94 bits per heavy atom. The second kappa shape index (κ2) is 6.66. The van der Waals surface area contributed by atoms with Crippen LogP contribution in [-0.4, -0.2) is 32.8 Å². The van der Waals surface area contributed by atoms with Crippen LogP contribution in [0.3, 0.4) is 0 Å². The Balaban J connectivity index is 2.79. The standard InChI is InChI=1S/C13H19NO3S/c1-9-5-4-6-10(2)12(9)14-13(16)11(3)18(17)8-7-15/h4-6,11,15H,7-8H2,1-3H3,(H,14,16). The molecule has 2 N–H and O–H groups in total. The number of hydrogen-bond acceptors (Lipinski definition) is 3. The number of aliphatic hydroxyl groups is 1. The van der Waals surface area contributed by atoms with Crippen LogP contribution in [0.5, 0.6) is 0 Å². The molecule has 0 aliphatic heterocycles. The number of amides is 1. The highest BCUT2D eigenvalue weighted by atomic mass is 32.2. The van der Waals surface area contributed by atoms with Gasteiger partial charge in [0.25, 0.3) is 0 Å². The van der Waals surface area contributed by atoms with Crippen molar-refractivity contribution in [1.29, 1.82) is 0 Å². The average molecular weight is 269 g/mol. The van der Waals surface area contributed by atoms with Gasteiger partial charge in [0, 0.05) is 22.2 Å². The number of rotatable bonds is 5. The van der Waals surface area contributed by atoms with Crippen LogP contribution in [0.15, 0.2) is 18.2 Å². The summed E-state index contributed by atoms with van der Waals surface area (Å²) in [6.07, 6.45) is 0. The van der Waals surface area contributed by atoms with E-state index in [-0.39, 0.29) is 18.3 Å². The SMILES string of the molecule is Cc1cccc(C)c1NC(=O)C(C)S(=O)CCO. The van der Waals surface area contributed by atoms with Crippen molar-refractivity contribution in [3.63, 3.8) is 0 Å². The van der Waals surface area contributed by atoms with Crippen LogP contribution in [-0.2, 0) is 15.6 Å². The van der Waals surface area contributed by atoms with E-state index in [0.29, 0.717) is 0 Å². The third kappa shape index (κ3) is 3.65. The van der Waals surface area contributed by atoms with Gasteiger partial charge in [-0.2, -0.15) is 0 Å². The smallest absolute Gasteiger partial charge is 0.239 e. The molecule has 1 aromatic carbocycles. The van der Waals surface area contributed by atoms with Crippen LogP contribution in [0.4, 0.5) is 5.69 Å². The van der Waals surface area contributed by atoms with Gasteiger partial charge >= 0.3 is 0 Å². The molecule has 0 aliphatic rings. The van der Waals surface area contributed by atoms with Gasteiger partial charge in [-0.15, -0.1) is 0 Å². The number of nitrogens with one attached hydrogen (secondary N) is 1. The average Bonchev–Trinajstić information content (AvgIpc) is 2.33. The lowest BCUT2D eigenvalue weighted by Gasteiger charge is -2.15.